The number of hydrogen-bond acceptors (Lipinski definition) is 3. The Morgan fingerprint density at radius 3 is 2.67 bits per heavy atom. The van der Waals surface area contributed by atoms with Gasteiger partial charge in [-0.3, -0.25) is 14.9 Å². The second kappa shape index (κ2) is 4.04. The van der Waals surface area contributed by atoms with Crippen molar-refractivity contribution in [3.05, 3.63) is 39.2 Å². The molecular formula is C9H9FN2O3. The van der Waals surface area contributed by atoms with Gasteiger partial charge in [0.05, 0.1) is 11.3 Å². The number of halogens is 1. The van der Waals surface area contributed by atoms with Crippen LogP contribution in [0.15, 0.2) is 12.1 Å². The maximum absolute atomic E-state index is 13.1. The predicted molar refractivity (Wildman–Crippen MR) is 50.7 cm³/mol. The molecule has 5 nitrogen and oxygen atoms in total. The minimum atomic E-state index is -0.911. The molecule has 0 aliphatic heterocycles. The van der Waals surface area contributed by atoms with Gasteiger partial charge in [-0.1, -0.05) is 0 Å². The van der Waals surface area contributed by atoms with Crippen molar-refractivity contribution in [3.8, 4) is 0 Å². The maximum Gasteiger partial charge on any atom is 0.305 e. The monoisotopic (exact) mass is 212 g/mol. The first kappa shape index (κ1) is 11.1. The summed E-state index contributed by atoms with van der Waals surface area (Å²) in [4.78, 5) is 20.2. The molecular weight excluding hydrogens is 203 g/mol. The van der Waals surface area contributed by atoms with Crippen LogP contribution in [0, 0.1) is 22.9 Å². The van der Waals surface area contributed by atoms with E-state index in [2.05, 4.69) is 0 Å². The molecule has 80 valence electrons. The number of carbonyl (C=O) groups is 1. The number of nitro groups is 1. The Morgan fingerprint density at radius 1 is 1.60 bits per heavy atom. The molecule has 0 spiro atoms. The minimum absolute atomic E-state index is 0.132. The molecule has 0 aliphatic carbocycles. The van der Waals surface area contributed by atoms with E-state index in [1.807, 2.05) is 0 Å². The van der Waals surface area contributed by atoms with Gasteiger partial charge in [0.2, 0.25) is 11.7 Å². The van der Waals surface area contributed by atoms with Crippen LogP contribution in [0.4, 0.5) is 10.1 Å². The standard InChI is InChI=1S/C9H9FN2O3/c1-5-2-7(10)8(12(14)15)3-6(5)4-9(11)13/h2-3H,4H2,1H3,(H2,11,13). The van der Waals surface area contributed by atoms with Crippen molar-refractivity contribution in [3.63, 3.8) is 0 Å². The summed E-state index contributed by atoms with van der Waals surface area (Å²) in [5, 5.41) is 10.4. The molecule has 0 fully saturated rings. The van der Waals surface area contributed by atoms with Gasteiger partial charge in [-0.05, 0) is 24.1 Å². The molecule has 0 aliphatic rings. The molecule has 0 saturated heterocycles. The second-order valence-corrected chi connectivity index (χ2v) is 3.13. The Bertz CT molecular complexity index is 432. The van der Waals surface area contributed by atoms with Gasteiger partial charge in [-0.25, -0.2) is 0 Å². The molecule has 6 heteroatoms. The summed E-state index contributed by atoms with van der Waals surface area (Å²) in [6.45, 7) is 1.56. The van der Waals surface area contributed by atoms with Crippen molar-refractivity contribution in [2.45, 2.75) is 13.3 Å². The third-order valence-corrected chi connectivity index (χ3v) is 1.97. The van der Waals surface area contributed by atoms with Gasteiger partial charge in [0, 0.05) is 6.07 Å². The first-order valence-electron chi connectivity index (χ1n) is 4.13. The van der Waals surface area contributed by atoms with E-state index in [0.29, 0.717) is 11.1 Å². The highest BCUT2D eigenvalue weighted by Crippen LogP contribution is 2.22. The van der Waals surface area contributed by atoms with E-state index < -0.39 is 22.3 Å². The molecule has 0 heterocycles. The van der Waals surface area contributed by atoms with Gasteiger partial charge in [-0.2, -0.15) is 4.39 Å². The van der Waals surface area contributed by atoms with Gasteiger partial charge in [0.25, 0.3) is 0 Å². The molecule has 0 saturated carbocycles. The van der Waals surface area contributed by atoms with Gasteiger partial charge in [0.1, 0.15) is 0 Å². The number of primary amides is 1. The van der Waals surface area contributed by atoms with Crippen molar-refractivity contribution in [2.24, 2.45) is 5.73 Å². The smallest absolute Gasteiger partial charge is 0.305 e. The summed E-state index contributed by atoms with van der Waals surface area (Å²) in [5.41, 5.74) is 5.15. The number of aryl methyl sites for hydroxylation is 1. The lowest BCUT2D eigenvalue weighted by Gasteiger charge is -2.03. The Labute approximate surface area is 84.8 Å². The van der Waals surface area contributed by atoms with Crippen LogP contribution < -0.4 is 5.73 Å². The summed E-state index contributed by atoms with van der Waals surface area (Å²) in [6, 6.07) is 2.06. The SMILES string of the molecule is Cc1cc(F)c([N+](=O)[O-])cc1CC(N)=O. The molecule has 1 rings (SSSR count). The van der Waals surface area contributed by atoms with E-state index in [4.69, 9.17) is 5.73 Å². The summed E-state index contributed by atoms with van der Waals surface area (Å²) in [5.74, 6) is -1.52. The zero-order valence-electron chi connectivity index (χ0n) is 7.99. The number of hydrogen-bond donors (Lipinski definition) is 1. The molecule has 0 bridgehead atoms. The van der Waals surface area contributed by atoms with Crippen LogP contribution >= 0.6 is 0 Å². The van der Waals surface area contributed by atoms with Crippen LogP contribution in [0.2, 0.25) is 0 Å². The van der Waals surface area contributed by atoms with E-state index in [1.165, 1.54) is 0 Å². The lowest BCUT2D eigenvalue weighted by Crippen LogP contribution is -2.14. The van der Waals surface area contributed by atoms with Crippen LogP contribution in [-0.2, 0) is 11.2 Å². The number of rotatable bonds is 3. The lowest BCUT2D eigenvalue weighted by molar-refractivity contribution is -0.387. The molecule has 2 N–H and O–H groups in total. The summed E-state index contributed by atoms with van der Waals surface area (Å²) < 4.78 is 13.1. The average molecular weight is 212 g/mol. The zero-order chi connectivity index (χ0) is 11.6. The van der Waals surface area contributed by atoms with Crippen molar-refractivity contribution in [1.82, 2.24) is 0 Å². The van der Waals surface area contributed by atoms with Crippen molar-refractivity contribution >= 4 is 11.6 Å². The molecule has 1 aromatic carbocycles. The second-order valence-electron chi connectivity index (χ2n) is 3.13. The van der Waals surface area contributed by atoms with Crippen LogP contribution in [-0.4, -0.2) is 10.8 Å². The highest BCUT2D eigenvalue weighted by Gasteiger charge is 2.17. The van der Waals surface area contributed by atoms with Crippen molar-refractivity contribution in [1.29, 1.82) is 0 Å². The fourth-order valence-electron chi connectivity index (χ4n) is 1.22. The van der Waals surface area contributed by atoms with Gasteiger partial charge in [-0.15, -0.1) is 0 Å². The van der Waals surface area contributed by atoms with Crippen molar-refractivity contribution in [2.75, 3.05) is 0 Å². The van der Waals surface area contributed by atoms with E-state index in [1.54, 1.807) is 6.92 Å². The summed E-state index contributed by atoms with van der Waals surface area (Å²) >= 11 is 0. The Balaban J connectivity index is 3.23. The third kappa shape index (κ3) is 2.49. The predicted octanol–water partition coefficient (Wildman–Crippen LogP) is 1.07. The van der Waals surface area contributed by atoms with E-state index >= 15 is 0 Å². The molecule has 1 amide bonds. The van der Waals surface area contributed by atoms with E-state index in [0.717, 1.165) is 12.1 Å². The Kier molecular flexibility index (Phi) is 2.99. The van der Waals surface area contributed by atoms with Gasteiger partial charge >= 0.3 is 5.69 Å². The molecule has 0 atom stereocenters. The molecule has 0 unspecified atom stereocenters. The van der Waals surface area contributed by atoms with E-state index in [-0.39, 0.29) is 6.42 Å². The third-order valence-electron chi connectivity index (χ3n) is 1.97. The van der Waals surface area contributed by atoms with E-state index in [9.17, 15) is 19.3 Å². The number of nitrogens with zero attached hydrogens (tertiary/aromatic N) is 1. The Morgan fingerprint density at radius 2 is 2.20 bits per heavy atom. The zero-order valence-corrected chi connectivity index (χ0v) is 7.99. The number of amides is 1. The number of benzene rings is 1. The van der Waals surface area contributed by atoms with Gasteiger partial charge < -0.3 is 5.73 Å². The highest BCUT2D eigenvalue weighted by atomic mass is 19.1. The fraction of sp³-hybridized carbons (Fsp3) is 0.222. The average Bonchev–Trinajstić information content (AvgIpc) is 2.08. The van der Waals surface area contributed by atoms with Crippen molar-refractivity contribution < 1.29 is 14.1 Å². The largest absolute Gasteiger partial charge is 0.369 e. The molecule has 0 aromatic heterocycles. The van der Waals surface area contributed by atoms with Crippen LogP contribution in [0.25, 0.3) is 0 Å². The maximum atomic E-state index is 13.1. The first-order chi connectivity index (χ1) is 6.91. The minimum Gasteiger partial charge on any atom is -0.369 e. The lowest BCUT2D eigenvalue weighted by atomic mass is 10.0. The topological polar surface area (TPSA) is 86.2 Å². The fourth-order valence-corrected chi connectivity index (χ4v) is 1.22. The number of nitrogens with two attached hydrogens (primary N) is 1. The highest BCUT2D eigenvalue weighted by molar-refractivity contribution is 5.77. The van der Waals surface area contributed by atoms with Gasteiger partial charge in [0.15, 0.2) is 0 Å². The Hall–Kier alpha value is -1.98. The molecule has 0 radical (unpaired) electrons. The normalized spacial score (nSPS) is 10.0. The van der Waals surface area contributed by atoms with Crippen LogP contribution in [0.1, 0.15) is 11.1 Å². The first-order valence-corrected chi connectivity index (χ1v) is 4.13. The number of nitro benzene ring substituents is 1. The molecule has 1 aromatic rings. The van der Waals surface area contributed by atoms with Crippen LogP contribution in [0.5, 0.6) is 0 Å². The molecule has 15 heavy (non-hydrogen) atoms. The summed E-state index contributed by atoms with van der Waals surface area (Å²) in [7, 11) is 0. The number of carbonyl (C=O) groups excluding carboxylic acids is 1. The van der Waals surface area contributed by atoms with Crippen LogP contribution in [0.3, 0.4) is 0 Å². The quantitative estimate of drug-likeness (QED) is 0.600. The summed E-state index contributed by atoms with van der Waals surface area (Å²) in [6.07, 6.45) is -0.132.